The number of nitrogens with two attached hydrogens (primary N) is 1. The van der Waals surface area contributed by atoms with Crippen LogP contribution in [0.3, 0.4) is 0 Å². The van der Waals surface area contributed by atoms with Crippen LogP contribution in [0.15, 0.2) is 10.9 Å². The molecule has 2 aromatic rings. The normalized spacial score (nSPS) is 13.5. The van der Waals surface area contributed by atoms with E-state index in [9.17, 15) is 4.79 Å². The Hall–Kier alpha value is -1.69. The molecule has 2 aromatic heterocycles. The summed E-state index contributed by atoms with van der Waals surface area (Å²) in [5.41, 5.74) is 6.50. The van der Waals surface area contributed by atoms with Crippen LogP contribution in [0.25, 0.3) is 5.78 Å². The van der Waals surface area contributed by atoms with Crippen molar-refractivity contribution in [2.75, 3.05) is 0 Å². The minimum Gasteiger partial charge on any atom is -0.321 e. The van der Waals surface area contributed by atoms with Crippen molar-refractivity contribution in [1.82, 2.24) is 19.6 Å². The van der Waals surface area contributed by atoms with Crippen LogP contribution in [0.1, 0.15) is 37.8 Å². The van der Waals surface area contributed by atoms with Crippen molar-refractivity contribution in [3.63, 3.8) is 0 Å². The largest absolute Gasteiger partial charge is 0.321 e. The van der Waals surface area contributed by atoms with Crippen LogP contribution in [0, 0.1) is 12.8 Å². The van der Waals surface area contributed by atoms with Crippen LogP contribution in [-0.4, -0.2) is 19.6 Å². The number of H-pyrrole nitrogens is 1. The summed E-state index contributed by atoms with van der Waals surface area (Å²) in [5, 5.41) is 2.90. The number of nitrogens with one attached hydrogen (secondary N) is 1. The summed E-state index contributed by atoms with van der Waals surface area (Å²) in [4.78, 5) is 20.1. The second-order valence-electron chi connectivity index (χ2n) is 4.72. The van der Waals surface area contributed by atoms with Gasteiger partial charge in [0.05, 0.1) is 6.04 Å². The maximum absolute atomic E-state index is 11.7. The predicted octanol–water partition coefficient (Wildman–Crippen LogP) is 0.772. The molecule has 6 heteroatoms. The lowest BCUT2D eigenvalue weighted by Gasteiger charge is -2.10. The molecule has 0 fully saturated rings. The summed E-state index contributed by atoms with van der Waals surface area (Å²) < 4.78 is 1.32. The van der Waals surface area contributed by atoms with Gasteiger partial charge in [-0.2, -0.15) is 9.50 Å². The minimum atomic E-state index is -0.198. The number of fused-ring (bicyclic) bond motifs is 1. The maximum atomic E-state index is 11.7. The predicted molar refractivity (Wildman–Crippen MR) is 64.7 cm³/mol. The lowest BCUT2D eigenvalue weighted by molar-refractivity contribution is 0.493. The van der Waals surface area contributed by atoms with Gasteiger partial charge in [-0.05, 0) is 19.3 Å². The molecule has 0 spiro atoms. The minimum absolute atomic E-state index is 0.164. The third kappa shape index (κ3) is 2.36. The van der Waals surface area contributed by atoms with Gasteiger partial charge in [-0.25, -0.2) is 4.98 Å². The fraction of sp³-hybridized carbons (Fsp3) is 0.545. The quantitative estimate of drug-likeness (QED) is 0.822. The average molecular weight is 235 g/mol. The Kier molecular flexibility index (Phi) is 2.97. The average Bonchev–Trinajstić information content (AvgIpc) is 2.60. The summed E-state index contributed by atoms with van der Waals surface area (Å²) >= 11 is 0. The zero-order chi connectivity index (χ0) is 12.6. The van der Waals surface area contributed by atoms with Gasteiger partial charge in [0.15, 0.2) is 0 Å². The Morgan fingerprint density at radius 2 is 2.18 bits per heavy atom. The topological polar surface area (TPSA) is 89.1 Å². The first kappa shape index (κ1) is 11.8. The molecule has 0 aromatic carbocycles. The molecule has 6 nitrogen and oxygen atoms in total. The lowest BCUT2D eigenvalue weighted by atomic mass is 10.0. The van der Waals surface area contributed by atoms with Crippen molar-refractivity contribution in [2.45, 2.75) is 33.2 Å². The highest BCUT2D eigenvalue weighted by Crippen LogP contribution is 2.15. The van der Waals surface area contributed by atoms with Crippen LogP contribution < -0.4 is 11.3 Å². The van der Waals surface area contributed by atoms with E-state index in [-0.39, 0.29) is 11.6 Å². The Bertz CT molecular complexity index is 583. The van der Waals surface area contributed by atoms with Gasteiger partial charge in [0.25, 0.3) is 11.3 Å². The molecular weight excluding hydrogens is 218 g/mol. The van der Waals surface area contributed by atoms with E-state index < -0.39 is 0 Å². The van der Waals surface area contributed by atoms with Crippen LogP contribution >= 0.6 is 0 Å². The van der Waals surface area contributed by atoms with Gasteiger partial charge >= 0.3 is 0 Å². The fourth-order valence-electron chi connectivity index (χ4n) is 1.79. The van der Waals surface area contributed by atoms with Crippen LogP contribution in [0.2, 0.25) is 0 Å². The number of nitrogens with zero attached hydrogens (tertiary/aromatic N) is 3. The van der Waals surface area contributed by atoms with Crippen LogP contribution in [0.5, 0.6) is 0 Å². The van der Waals surface area contributed by atoms with Crippen molar-refractivity contribution in [2.24, 2.45) is 11.7 Å². The smallest absolute Gasteiger partial charge is 0.274 e. The monoisotopic (exact) mass is 235 g/mol. The molecule has 0 saturated carbocycles. The molecule has 2 rings (SSSR count). The lowest BCUT2D eigenvalue weighted by Crippen LogP contribution is -2.17. The van der Waals surface area contributed by atoms with Gasteiger partial charge in [0.2, 0.25) is 0 Å². The van der Waals surface area contributed by atoms with E-state index >= 15 is 0 Å². The zero-order valence-corrected chi connectivity index (χ0v) is 10.3. The second-order valence-corrected chi connectivity index (χ2v) is 4.72. The Morgan fingerprint density at radius 1 is 1.47 bits per heavy atom. The standard InChI is InChI=1S/C11H17N5O/c1-6(2)4-8(12)10-14-11-13-7(3)5-9(17)16(11)15-10/h5-6,8H,4,12H2,1-3H3,(H,13,14,15). The van der Waals surface area contributed by atoms with Gasteiger partial charge in [-0.3, -0.25) is 9.89 Å². The van der Waals surface area contributed by atoms with E-state index in [1.807, 2.05) is 0 Å². The summed E-state index contributed by atoms with van der Waals surface area (Å²) in [5.74, 6) is 1.46. The van der Waals surface area contributed by atoms with E-state index in [2.05, 4.69) is 28.9 Å². The first-order valence-corrected chi connectivity index (χ1v) is 5.69. The first-order valence-electron chi connectivity index (χ1n) is 5.69. The molecule has 0 amide bonds. The van der Waals surface area contributed by atoms with Crippen molar-refractivity contribution >= 4 is 5.78 Å². The maximum Gasteiger partial charge on any atom is 0.274 e. The van der Waals surface area contributed by atoms with Crippen LogP contribution in [-0.2, 0) is 0 Å². The Labute approximate surface area is 98.9 Å². The molecule has 0 aliphatic heterocycles. The molecule has 0 saturated heterocycles. The molecule has 0 radical (unpaired) electrons. The highest BCUT2D eigenvalue weighted by molar-refractivity contribution is 5.28. The highest BCUT2D eigenvalue weighted by Gasteiger charge is 2.14. The molecule has 2 heterocycles. The molecule has 17 heavy (non-hydrogen) atoms. The number of hydrogen-bond acceptors (Lipinski definition) is 4. The first-order chi connectivity index (χ1) is 7.97. The van der Waals surface area contributed by atoms with Crippen molar-refractivity contribution in [3.8, 4) is 0 Å². The van der Waals surface area contributed by atoms with Crippen LogP contribution in [0.4, 0.5) is 0 Å². The van der Waals surface area contributed by atoms with Gasteiger partial charge in [-0.1, -0.05) is 13.8 Å². The van der Waals surface area contributed by atoms with Crippen molar-refractivity contribution in [3.05, 3.63) is 27.9 Å². The molecule has 3 N–H and O–H groups in total. The highest BCUT2D eigenvalue weighted by atomic mass is 16.1. The van der Waals surface area contributed by atoms with E-state index in [4.69, 9.17) is 5.73 Å². The molecule has 0 bridgehead atoms. The number of aryl methyl sites for hydroxylation is 1. The summed E-state index contributed by atoms with van der Waals surface area (Å²) in [6.45, 7) is 5.96. The second kappa shape index (κ2) is 4.29. The van der Waals surface area contributed by atoms with Gasteiger partial charge in [0.1, 0.15) is 5.82 Å². The van der Waals surface area contributed by atoms with Gasteiger partial charge in [0, 0.05) is 11.8 Å². The SMILES string of the molecule is Cc1cc(=O)n2[nH]c(C(N)CC(C)C)nc2n1. The summed E-state index contributed by atoms with van der Waals surface area (Å²) in [6, 6.07) is 1.26. The van der Waals surface area contributed by atoms with E-state index in [0.717, 1.165) is 6.42 Å². The molecule has 1 atom stereocenters. The van der Waals surface area contributed by atoms with Crippen molar-refractivity contribution < 1.29 is 0 Å². The van der Waals surface area contributed by atoms with Gasteiger partial charge < -0.3 is 5.73 Å². The molecule has 92 valence electrons. The third-order valence-corrected chi connectivity index (χ3v) is 2.55. The molecule has 0 aliphatic rings. The van der Waals surface area contributed by atoms with Crippen molar-refractivity contribution in [1.29, 1.82) is 0 Å². The zero-order valence-electron chi connectivity index (χ0n) is 10.3. The summed E-state index contributed by atoms with van der Waals surface area (Å²) in [6.07, 6.45) is 0.813. The number of aromatic amines is 1. The fourth-order valence-corrected chi connectivity index (χ4v) is 1.79. The summed E-state index contributed by atoms with van der Waals surface area (Å²) in [7, 11) is 0. The van der Waals surface area contributed by atoms with Gasteiger partial charge in [-0.15, -0.1) is 0 Å². The third-order valence-electron chi connectivity index (χ3n) is 2.55. The Balaban J connectivity index is 2.44. The Morgan fingerprint density at radius 3 is 2.82 bits per heavy atom. The van der Waals surface area contributed by atoms with E-state index in [1.165, 1.54) is 10.6 Å². The molecule has 0 aliphatic carbocycles. The number of hydrogen-bond donors (Lipinski definition) is 2. The number of rotatable bonds is 3. The molecule has 1 unspecified atom stereocenters. The molecular formula is C11H17N5O. The van der Waals surface area contributed by atoms with E-state index in [1.54, 1.807) is 6.92 Å². The van der Waals surface area contributed by atoms with E-state index in [0.29, 0.717) is 23.2 Å². The number of aromatic nitrogens is 4.